The van der Waals surface area contributed by atoms with E-state index in [1.165, 1.54) is 5.56 Å². The van der Waals surface area contributed by atoms with E-state index in [1.807, 2.05) is 24.3 Å². The maximum absolute atomic E-state index is 12.1. The number of halogens is 1. The number of hydrogen-bond acceptors (Lipinski definition) is 3. The Hall–Kier alpha value is -1.11. The zero-order valence-electron chi connectivity index (χ0n) is 12.2. The average Bonchev–Trinajstić information content (AvgIpc) is 3.10. The minimum Gasteiger partial charge on any atom is -0.341 e. The van der Waals surface area contributed by atoms with Gasteiger partial charge in [0.25, 0.3) is 0 Å². The lowest BCUT2D eigenvalue weighted by Gasteiger charge is -2.24. The molecule has 120 valence electrons. The predicted molar refractivity (Wildman–Crippen MR) is 85.0 cm³/mol. The summed E-state index contributed by atoms with van der Waals surface area (Å²) < 4.78 is 22.4. The van der Waals surface area contributed by atoms with E-state index in [9.17, 15) is 13.2 Å². The van der Waals surface area contributed by atoms with Gasteiger partial charge in [-0.25, -0.2) is 13.6 Å². The normalized spacial score (nSPS) is 23.8. The smallest absolute Gasteiger partial charge is 0.222 e. The van der Waals surface area contributed by atoms with Gasteiger partial charge in [0.15, 0.2) is 0 Å². The first kappa shape index (κ1) is 15.8. The van der Waals surface area contributed by atoms with Crippen molar-refractivity contribution in [3.05, 3.63) is 34.9 Å². The van der Waals surface area contributed by atoms with Crippen molar-refractivity contribution in [2.45, 2.75) is 24.7 Å². The van der Waals surface area contributed by atoms with Crippen LogP contribution in [-0.4, -0.2) is 38.1 Å². The van der Waals surface area contributed by atoms with Crippen molar-refractivity contribution in [1.82, 2.24) is 4.90 Å². The van der Waals surface area contributed by atoms with E-state index in [-0.39, 0.29) is 29.4 Å². The highest BCUT2D eigenvalue weighted by Crippen LogP contribution is 2.49. The van der Waals surface area contributed by atoms with Gasteiger partial charge in [-0.15, -0.1) is 0 Å². The molecule has 1 aromatic carbocycles. The van der Waals surface area contributed by atoms with Crippen LogP contribution >= 0.6 is 11.6 Å². The van der Waals surface area contributed by atoms with Gasteiger partial charge in [0, 0.05) is 35.9 Å². The monoisotopic (exact) mass is 342 g/mol. The molecule has 1 saturated carbocycles. The Labute approximate surface area is 135 Å². The van der Waals surface area contributed by atoms with Gasteiger partial charge in [0.2, 0.25) is 15.9 Å². The maximum atomic E-state index is 12.1. The summed E-state index contributed by atoms with van der Waals surface area (Å²) in [5, 5.41) is 5.78. The first-order chi connectivity index (χ1) is 10.3. The lowest BCUT2D eigenvalue weighted by molar-refractivity contribution is -0.128. The first-order valence-corrected chi connectivity index (χ1v) is 9.41. The largest absolute Gasteiger partial charge is 0.341 e. The Morgan fingerprint density at radius 2 is 1.91 bits per heavy atom. The molecule has 1 heterocycles. The van der Waals surface area contributed by atoms with Gasteiger partial charge in [-0.1, -0.05) is 23.7 Å². The number of hydrogen-bond donors (Lipinski definition) is 1. The number of carbonyl (C=O) groups is 1. The molecule has 1 saturated heterocycles. The summed E-state index contributed by atoms with van der Waals surface area (Å²) in [6.07, 6.45) is 2.35. The summed E-state index contributed by atoms with van der Waals surface area (Å²) in [5.74, 6) is -0.291. The topological polar surface area (TPSA) is 80.5 Å². The first-order valence-electron chi connectivity index (χ1n) is 7.32. The fourth-order valence-electron chi connectivity index (χ4n) is 3.30. The van der Waals surface area contributed by atoms with Crippen LogP contribution in [-0.2, 0) is 20.2 Å². The van der Waals surface area contributed by atoms with Crippen LogP contribution in [0.1, 0.15) is 24.8 Å². The van der Waals surface area contributed by atoms with E-state index in [0.717, 1.165) is 12.8 Å². The van der Waals surface area contributed by atoms with Crippen molar-refractivity contribution in [3.8, 4) is 0 Å². The second kappa shape index (κ2) is 5.51. The molecule has 1 unspecified atom stereocenters. The van der Waals surface area contributed by atoms with Crippen LogP contribution in [0, 0.1) is 5.92 Å². The lowest BCUT2D eigenvalue weighted by atomic mass is 9.95. The average molecular weight is 343 g/mol. The molecule has 1 amide bonds. The van der Waals surface area contributed by atoms with Crippen LogP contribution in [0.15, 0.2) is 24.3 Å². The van der Waals surface area contributed by atoms with Crippen molar-refractivity contribution in [1.29, 1.82) is 0 Å². The maximum Gasteiger partial charge on any atom is 0.222 e. The number of primary sulfonamides is 1. The highest BCUT2D eigenvalue weighted by Gasteiger charge is 2.47. The molecule has 7 heteroatoms. The molecule has 3 rings (SSSR count). The molecule has 2 N–H and O–H groups in total. The Kier molecular flexibility index (Phi) is 3.95. The molecular formula is C15H19ClN2O3S. The van der Waals surface area contributed by atoms with Crippen molar-refractivity contribution in [2.24, 2.45) is 11.1 Å². The van der Waals surface area contributed by atoms with E-state index >= 15 is 0 Å². The highest BCUT2D eigenvalue weighted by molar-refractivity contribution is 7.89. The van der Waals surface area contributed by atoms with E-state index in [4.69, 9.17) is 16.7 Å². The summed E-state index contributed by atoms with van der Waals surface area (Å²) in [7, 11) is -3.53. The Bertz CT molecular complexity index is 683. The van der Waals surface area contributed by atoms with Crippen molar-refractivity contribution < 1.29 is 13.2 Å². The zero-order valence-corrected chi connectivity index (χ0v) is 13.7. The van der Waals surface area contributed by atoms with Gasteiger partial charge in [-0.05, 0) is 30.5 Å². The minimum absolute atomic E-state index is 0.0106. The highest BCUT2D eigenvalue weighted by atomic mass is 35.5. The number of nitrogens with zero attached hydrogens (tertiary/aromatic N) is 1. The summed E-state index contributed by atoms with van der Waals surface area (Å²) in [6, 6.07) is 7.76. The standard InChI is InChI=1S/C15H19ClN2O3S/c16-13-3-1-12(2-4-13)15(5-6-15)10-18-8-11(7-14(18)19)9-22(17,20)21/h1-4,11H,5-10H2,(H2,17,20,21). The van der Waals surface area contributed by atoms with Gasteiger partial charge in [0.1, 0.15) is 0 Å². The number of amides is 1. The molecule has 1 aromatic rings. The van der Waals surface area contributed by atoms with Crippen LogP contribution in [0.2, 0.25) is 5.02 Å². The molecular weight excluding hydrogens is 324 g/mol. The van der Waals surface area contributed by atoms with Crippen LogP contribution in [0.5, 0.6) is 0 Å². The van der Waals surface area contributed by atoms with E-state index in [1.54, 1.807) is 4.90 Å². The Morgan fingerprint density at radius 3 is 2.45 bits per heavy atom. The van der Waals surface area contributed by atoms with E-state index < -0.39 is 10.0 Å². The molecule has 1 aliphatic heterocycles. The molecule has 2 fully saturated rings. The molecule has 5 nitrogen and oxygen atoms in total. The molecule has 22 heavy (non-hydrogen) atoms. The van der Waals surface area contributed by atoms with Gasteiger partial charge in [-0.3, -0.25) is 4.79 Å². The summed E-state index contributed by atoms with van der Waals surface area (Å²) in [6.45, 7) is 1.12. The summed E-state index contributed by atoms with van der Waals surface area (Å²) >= 11 is 5.92. The molecule has 0 spiro atoms. The van der Waals surface area contributed by atoms with Crippen LogP contribution < -0.4 is 5.14 Å². The van der Waals surface area contributed by atoms with Crippen molar-refractivity contribution >= 4 is 27.5 Å². The van der Waals surface area contributed by atoms with Gasteiger partial charge < -0.3 is 4.90 Å². The van der Waals surface area contributed by atoms with Crippen LogP contribution in [0.4, 0.5) is 0 Å². The fourth-order valence-corrected chi connectivity index (χ4v) is 4.31. The van der Waals surface area contributed by atoms with Gasteiger partial charge in [0.05, 0.1) is 5.75 Å². The summed E-state index contributed by atoms with van der Waals surface area (Å²) in [5.41, 5.74) is 1.20. The molecule has 0 radical (unpaired) electrons. The third-order valence-electron chi connectivity index (χ3n) is 4.57. The second-order valence-corrected chi connectivity index (χ2v) is 8.56. The van der Waals surface area contributed by atoms with Gasteiger partial charge in [-0.2, -0.15) is 0 Å². The molecule has 1 atom stereocenters. The lowest BCUT2D eigenvalue weighted by Crippen LogP contribution is -2.34. The summed E-state index contributed by atoms with van der Waals surface area (Å²) in [4.78, 5) is 13.9. The quantitative estimate of drug-likeness (QED) is 0.880. The van der Waals surface area contributed by atoms with Crippen molar-refractivity contribution in [2.75, 3.05) is 18.8 Å². The molecule has 0 aromatic heterocycles. The Balaban J connectivity index is 1.68. The minimum atomic E-state index is -3.53. The molecule has 2 aliphatic rings. The molecule has 0 bridgehead atoms. The SMILES string of the molecule is NS(=O)(=O)CC1CC(=O)N(CC2(c3ccc(Cl)cc3)CC2)C1. The number of likely N-dealkylation sites (tertiary alicyclic amines) is 1. The van der Waals surface area contributed by atoms with E-state index in [2.05, 4.69) is 0 Å². The number of benzene rings is 1. The van der Waals surface area contributed by atoms with Gasteiger partial charge >= 0.3 is 0 Å². The number of sulfonamides is 1. The fraction of sp³-hybridized carbons (Fsp3) is 0.533. The third kappa shape index (κ3) is 3.45. The predicted octanol–water partition coefficient (Wildman–Crippen LogP) is 1.51. The number of nitrogens with two attached hydrogens (primary N) is 1. The Morgan fingerprint density at radius 1 is 1.27 bits per heavy atom. The van der Waals surface area contributed by atoms with E-state index in [0.29, 0.717) is 18.1 Å². The third-order valence-corrected chi connectivity index (χ3v) is 5.75. The molecule has 1 aliphatic carbocycles. The van der Waals surface area contributed by atoms with Crippen molar-refractivity contribution in [3.63, 3.8) is 0 Å². The second-order valence-electron chi connectivity index (χ2n) is 6.46. The number of carbonyl (C=O) groups excluding carboxylic acids is 1. The van der Waals surface area contributed by atoms with Crippen LogP contribution in [0.25, 0.3) is 0 Å². The zero-order chi connectivity index (χ0) is 16.0. The van der Waals surface area contributed by atoms with Crippen LogP contribution in [0.3, 0.4) is 0 Å². The number of rotatable bonds is 5.